The van der Waals surface area contributed by atoms with Gasteiger partial charge in [0.25, 0.3) is 0 Å². The minimum Gasteiger partial charge on any atom is -0.497 e. The van der Waals surface area contributed by atoms with Crippen molar-refractivity contribution in [2.45, 2.75) is 19.4 Å². The van der Waals surface area contributed by atoms with E-state index in [0.717, 1.165) is 50.6 Å². The van der Waals surface area contributed by atoms with Crippen LogP contribution >= 0.6 is 0 Å². The summed E-state index contributed by atoms with van der Waals surface area (Å²) in [7, 11) is 1.68. The molecule has 0 N–H and O–H groups in total. The van der Waals surface area contributed by atoms with E-state index in [-0.39, 0.29) is 5.91 Å². The number of carbonyl (C=O) groups excluding carboxylic acids is 1. The number of ether oxygens (including phenoxy) is 2. The Morgan fingerprint density at radius 2 is 1.70 bits per heavy atom. The fraction of sp³-hybridized carbons (Fsp3) is 0.409. The van der Waals surface area contributed by atoms with E-state index in [0.29, 0.717) is 13.0 Å². The maximum Gasteiger partial charge on any atom is 0.226 e. The van der Waals surface area contributed by atoms with Gasteiger partial charge in [-0.15, -0.1) is 0 Å². The van der Waals surface area contributed by atoms with Gasteiger partial charge >= 0.3 is 0 Å². The highest BCUT2D eigenvalue weighted by molar-refractivity contribution is 5.76. The molecule has 1 amide bonds. The first-order chi connectivity index (χ1) is 13.2. The van der Waals surface area contributed by atoms with Crippen LogP contribution in [0.15, 0.2) is 54.6 Å². The molecule has 5 heteroatoms. The van der Waals surface area contributed by atoms with Crippen LogP contribution in [-0.2, 0) is 11.3 Å². The van der Waals surface area contributed by atoms with Crippen molar-refractivity contribution in [3.05, 3.63) is 60.2 Å². The van der Waals surface area contributed by atoms with Gasteiger partial charge in [-0.05, 0) is 36.2 Å². The van der Waals surface area contributed by atoms with Crippen molar-refractivity contribution in [3.63, 3.8) is 0 Å². The third kappa shape index (κ3) is 6.00. The molecular weight excluding hydrogens is 340 g/mol. The zero-order valence-electron chi connectivity index (χ0n) is 16.0. The molecule has 27 heavy (non-hydrogen) atoms. The maximum atomic E-state index is 12.5. The average Bonchev–Trinajstić information content (AvgIpc) is 2.95. The van der Waals surface area contributed by atoms with Crippen LogP contribution in [0.3, 0.4) is 0 Å². The number of hydrogen-bond donors (Lipinski definition) is 0. The fourth-order valence-corrected chi connectivity index (χ4v) is 3.30. The Balaban J connectivity index is 1.42. The first kappa shape index (κ1) is 19.2. The van der Waals surface area contributed by atoms with Crippen molar-refractivity contribution < 1.29 is 14.3 Å². The number of hydrogen-bond acceptors (Lipinski definition) is 4. The molecule has 2 aromatic rings. The molecule has 1 saturated heterocycles. The minimum atomic E-state index is 0.178. The second kappa shape index (κ2) is 9.97. The van der Waals surface area contributed by atoms with Gasteiger partial charge in [0, 0.05) is 32.7 Å². The summed E-state index contributed by atoms with van der Waals surface area (Å²) >= 11 is 0. The molecule has 1 heterocycles. The number of benzene rings is 2. The van der Waals surface area contributed by atoms with E-state index in [9.17, 15) is 4.79 Å². The molecule has 144 valence electrons. The van der Waals surface area contributed by atoms with Gasteiger partial charge in [-0.3, -0.25) is 9.69 Å². The first-order valence-corrected chi connectivity index (χ1v) is 9.55. The summed E-state index contributed by atoms with van der Waals surface area (Å²) < 4.78 is 10.9. The number of carbonyl (C=O) groups is 1. The lowest BCUT2D eigenvalue weighted by Crippen LogP contribution is -2.35. The summed E-state index contributed by atoms with van der Waals surface area (Å²) in [6.07, 6.45) is 1.43. The second-order valence-corrected chi connectivity index (χ2v) is 6.77. The molecule has 1 fully saturated rings. The van der Waals surface area contributed by atoms with Crippen molar-refractivity contribution in [1.29, 1.82) is 0 Å². The summed E-state index contributed by atoms with van der Waals surface area (Å²) in [5.74, 6) is 1.87. The Kier molecular flexibility index (Phi) is 7.11. The summed E-state index contributed by atoms with van der Waals surface area (Å²) in [6.45, 7) is 4.84. The van der Waals surface area contributed by atoms with E-state index in [1.807, 2.05) is 47.4 Å². The van der Waals surface area contributed by atoms with E-state index >= 15 is 0 Å². The van der Waals surface area contributed by atoms with Crippen LogP contribution in [0.5, 0.6) is 11.5 Å². The van der Waals surface area contributed by atoms with Crippen molar-refractivity contribution >= 4 is 5.91 Å². The zero-order valence-corrected chi connectivity index (χ0v) is 16.0. The van der Waals surface area contributed by atoms with E-state index in [1.54, 1.807) is 7.11 Å². The minimum absolute atomic E-state index is 0.178. The van der Waals surface area contributed by atoms with Crippen molar-refractivity contribution in [3.8, 4) is 11.5 Å². The molecule has 0 spiro atoms. The SMILES string of the molecule is COc1ccc(CN2CCCN(C(=O)CCOc3ccccc3)CC2)cc1. The van der Waals surface area contributed by atoms with Gasteiger partial charge < -0.3 is 14.4 Å². The molecular formula is C22H28N2O3. The topological polar surface area (TPSA) is 42.0 Å². The lowest BCUT2D eigenvalue weighted by Gasteiger charge is -2.22. The number of amides is 1. The Bertz CT molecular complexity index is 703. The van der Waals surface area contributed by atoms with Crippen LogP contribution in [-0.4, -0.2) is 55.6 Å². The van der Waals surface area contributed by atoms with Crippen molar-refractivity contribution in [2.75, 3.05) is 39.9 Å². The third-order valence-corrected chi connectivity index (χ3v) is 4.83. The summed E-state index contributed by atoms with van der Waals surface area (Å²) in [5, 5.41) is 0. The molecule has 0 radical (unpaired) electrons. The van der Waals surface area contributed by atoms with E-state index in [2.05, 4.69) is 17.0 Å². The lowest BCUT2D eigenvalue weighted by atomic mass is 10.2. The maximum absolute atomic E-state index is 12.5. The molecule has 1 aliphatic rings. The molecule has 0 unspecified atom stereocenters. The molecule has 0 aromatic heterocycles. The highest BCUT2D eigenvalue weighted by Gasteiger charge is 2.19. The number of nitrogens with zero attached hydrogens (tertiary/aromatic N) is 2. The normalized spacial score (nSPS) is 15.2. The average molecular weight is 368 g/mol. The molecule has 0 saturated carbocycles. The third-order valence-electron chi connectivity index (χ3n) is 4.83. The second-order valence-electron chi connectivity index (χ2n) is 6.77. The van der Waals surface area contributed by atoms with Gasteiger partial charge in [-0.1, -0.05) is 30.3 Å². The van der Waals surface area contributed by atoms with E-state index in [1.165, 1.54) is 5.56 Å². The highest BCUT2D eigenvalue weighted by Crippen LogP contribution is 2.15. The van der Waals surface area contributed by atoms with Crippen LogP contribution in [0.2, 0.25) is 0 Å². The number of methoxy groups -OCH3 is 1. The van der Waals surface area contributed by atoms with Gasteiger partial charge in [0.05, 0.1) is 20.1 Å². The number of para-hydroxylation sites is 1. The summed E-state index contributed by atoms with van der Waals surface area (Å²) in [4.78, 5) is 16.9. The number of rotatable bonds is 7. The fourth-order valence-electron chi connectivity index (χ4n) is 3.30. The quantitative estimate of drug-likeness (QED) is 0.753. The van der Waals surface area contributed by atoms with Crippen LogP contribution in [0.4, 0.5) is 0 Å². The Hall–Kier alpha value is -2.53. The summed E-state index contributed by atoms with van der Waals surface area (Å²) in [5.41, 5.74) is 1.27. The van der Waals surface area contributed by atoms with Crippen molar-refractivity contribution in [2.24, 2.45) is 0 Å². The highest BCUT2D eigenvalue weighted by atomic mass is 16.5. The van der Waals surface area contributed by atoms with Gasteiger partial charge in [-0.25, -0.2) is 0 Å². The van der Waals surface area contributed by atoms with Crippen LogP contribution in [0.25, 0.3) is 0 Å². The molecule has 0 atom stereocenters. The van der Waals surface area contributed by atoms with Gasteiger partial charge in [0.2, 0.25) is 5.91 Å². The standard InChI is InChI=1S/C22H28N2O3/c1-26-20-10-8-19(9-11-20)18-23-13-5-14-24(16-15-23)22(25)12-17-27-21-6-3-2-4-7-21/h2-4,6-11H,5,12-18H2,1H3. The van der Waals surface area contributed by atoms with Crippen LogP contribution < -0.4 is 9.47 Å². The lowest BCUT2D eigenvalue weighted by molar-refractivity contribution is -0.131. The zero-order chi connectivity index (χ0) is 18.9. The Morgan fingerprint density at radius 1 is 0.926 bits per heavy atom. The predicted octanol–water partition coefficient (Wildman–Crippen LogP) is 3.20. The Labute approximate surface area is 161 Å². The molecule has 1 aliphatic heterocycles. The molecule has 0 bridgehead atoms. The van der Waals surface area contributed by atoms with E-state index < -0.39 is 0 Å². The predicted molar refractivity (Wildman–Crippen MR) is 106 cm³/mol. The van der Waals surface area contributed by atoms with E-state index in [4.69, 9.17) is 9.47 Å². The molecule has 2 aromatic carbocycles. The van der Waals surface area contributed by atoms with Crippen molar-refractivity contribution in [1.82, 2.24) is 9.80 Å². The van der Waals surface area contributed by atoms with Gasteiger partial charge in [0.15, 0.2) is 0 Å². The van der Waals surface area contributed by atoms with Gasteiger partial charge in [0.1, 0.15) is 11.5 Å². The molecule has 3 rings (SSSR count). The van der Waals surface area contributed by atoms with Crippen LogP contribution in [0, 0.1) is 0 Å². The smallest absolute Gasteiger partial charge is 0.226 e. The summed E-state index contributed by atoms with van der Waals surface area (Å²) in [6, 6.07) is 17.8. The van der Waals surface area contributed by atoms with Crippen LogP contribution in [0.1, 0.15) is 18.4 Å². The van der Waals surface area contributed by atoms with Gasteiger partial charge in [-0.2, -0.15) is 0 Å². The largest absolute Gasteiger partial charge is 0.497 e. The first-order valence-electron chi connectivity index (χ1n) is 9.55. The Morgan fingerprint density at radius 3 is 2.44 bits per heavy atom. The molecule has 0 aliphatic carbocycles. The monoisotopic (exact) mass is 368 g/mol. The molecule has 5 nitrogen and oxygen atoms in total.